The first-order valence-corrected chi connectivity index (χ1v) is 6.60. The molecule has 0 unspecified atom stereocenters. The summed E-state index contributed by atoms with van der Waals surface area (Å²) in [7, 11) is 0. The number of hydrogen-bond donors (Lipinski definition) is 2. The van der Waals surface area contributed by atoms with Gasteiger partial charge in [-0.15, -0.1) is 0 Å². The van der Waals surface area contributed by atoms with Crippen molar-refractivity contribution in [1.29, 1.82) is 0 Å². The van der Waals surface area contributed by atoms with Gasteiger partial charge in [-0.3, -0.25) is 4.79 Å². The van der Waals surface area contributed by atoms with Gasteiger partial charge in [-0.05, 0) is 30.3 Å². The number of rotatable bonds is 2. The Kier molecular flexibility index (Phi) is 4.22. The molecule has 0 aromatic heterocycles. The number of nitrogens with two attached hydrogens (primary N) is 1. The van der Waals surface area contributed by atoms with Crippen molar-refractivity contribution in [3.05, 3.63) is 58.1 Å². The van der Waals surface area contributed by atoms with E-state index in [2.05, 4.69) is 21.2 Å². The lowest BCUT2D eigenvalue weighted by atomic mass is 10.1. The summed E-state index contributed by atoms with van der Waals surface area (Å²) in [5, 5.41) is 2.40. The van der Waals surface area contributed by atoms with E-state index in [9.17, 15) is 18.0 Å². The molecule has 0 aliphatic heterocycles. The van der Waals surface area contributed by atoms with Crippen LogP contribution in [0.5, 0.6) is 0 Å². The van der Waals surface area contributed by atoms with E-state index < -0.39 is 17.6 Å². The fourth-order valence-corrected chi connectivity index (χ4v) is 2.22. The van der Waals surface area contributed by atoms with Gasteiger partial charge in [-0.1, -0.05) is 28.1 Å². The average Bonchev–Trinajstić information content (AvgIpc) is 2.37. The molecule has 0 spiro atoms. The lowest BCUT2D eigenvalue weighted by Gasteiger charge is -2.11. The molecule has 0 bridgehead atoms. The first-order valence-electron chi connectivity index (χ1n) is 5.81. The Morgan fingerprint density at radius 3 is 2.43 bits per heavy atom. The maximum atomic E-state index is 12.7. The summed E-state index contributed by atoms with van der Waals surface area (Å²) in [5.41, 5.74) is 5.28. The largest absolute Gasteiger partial charge is 0.416 e. The molecule has 7 heteroatoms. The molecule has 2 rings (SSSR count). The highest BCUT2D eigenvalue weighted by molar-refractivity contribution is 9.10. The second-order valence-electron chi connectivity index (χ2n) is 4.27. The number of carbonyl (C=O) groups is 1. The molecule has 0 aliphatic carbocycles. The van der Waals surface area contributed by atoms with E-state index in [1.807, 2.05) is 0 Å². The number of para-hydroxylation sites is 1. The van der Waals surface area contributed by atoms with E-state index in [0.717, 1.165) is 12.1 Å². The van der Waals surface area contributed by atoms with Crippen molar-refractivity contribution in [3.8, 4) is 0 Å². The predicted molar refractivity (Wildman–Crippen MR) is 78.0 cm³/mol. The van der Waals surface area contributed by atoms with Crippen LogP contribution in [0.1, 0.15) is 15.9 Å². The number of alkyl halides is 3. The highest BCUT2D eigenvalue weighted by Gasteiger charge is 2.31. The van der Waals surface area contributed by atoms with Gasteiger partial charge in [-0.25, -0.2) is 0 Å². The normalized spacial score (nSPS) is 11.2. The zero-order valence-corrected chi connectivity index (χ0v) is 12.1. The van der Waals surface area contributed by atoms with Gasteiger partial charge in [0.1, 0.15) is 0 Å². The number of hydrogen-bond acceptors (Lipinski definition) is 2. The second kappa shape index (κ2) is 5.77. The van der Waals surface area contributed by atoms with Crippen LogP contribution in [0.4, 0.5) is 24.5 Å². The molecule has 1 amide bonds. The van der Waals surface area contributed by atoms with Crippen LogP contribution in [0.25, 0.3) is 0 Å². The maximum Gasteiger partial charge on any atom is 0.416 e. The molecule has 0 atom stereocenters. The van der Waals surface area contributed by atoms with E-state index in [4.69, 9.17) is 5.73 Å². The number of carbonyl (C=O) groups excluding carboxylic acids is 1. The summed E-state index contributed by atoms with van der Waals surface area (Å²) in [6.07, 6.45) is -4.49. The number of nitrogen functional groups attached to an aromatic ring is 1. The fraction of sp³-hybridized carbons (Fsp3) is 0.0714. The third-order valence-electron chi connectivity index (χ3n) is 2.69. The van der Waals surface area contributed by atoms with Crippen molar-refractivity contribution in [3.63, 3.8) is 0 Å². The highest BCUT2D eigenvalue weighted by Crippen LogP contribution is 2.33. The van der Waals surface area contributed by atoms with Crippen molar-refractivity contribution in [2.75, 3.05) is 11.1 Å². The van der Waals surface area contributed by atoms with Gasteiger partial charge in [0.25, 0.3) is 5.91 Å². The predicted octanol–water partition coefficient (Wildman–Crippen LogP) is 4.30. The number of halogens is 4. The second-order valence-corrected chi connectivity index (χ2v) is 5.18. The smallest absolute Gasteiger partial charge is 0.398 e. The fourth-order valence-electron chi connectivity index (χ4n) is 1.73. The van der Waals surface area contributed by atoms with Crippen LogP contribution >= 0.6 is 15.9 Å². The van der Waals surface area contributed by atoms with Crippen molar-refractivity contribution in [2.24, 2.45) is 0 Å². The topological polar surface area (TPSA) is 55.1 Å². The minimum Gasteiger partial charge on any atom is -0.398 e. The zero-order chi connectivity index (χ0) is 15.6. The van der Waals surface area contributed by atoms with Crippen LogP contribution in [0.3, 0.4) is 0 Å². The number of benzene rings is 2. The van der Waals surface area contributed by atoms with E-state index in [1.165, 1.54) is 18.2 Å². The molecular weight excluding hydrogens is 349 g/mol. The number of nitrogens with one attached hydrogen (secondary N) is 1. The first-order chi connectivity index (χ1) is 9.77. The third kappa shape index (κ3) is 3.75. The van der Waals surface area contributed by atoms with E-state index >= 15 is 0 Å². The van der Waals surface area contributed by atoms with Crippen molar-refractivity contribution in [2.45, 2.75) is 6.18 Å². The summed E-state index contributed by atoms with van der Waals surface area (Å²) in [6, 6.07) is 9.49. The third-order valence-corrected chi connectivity index (χ3v) is 3.15. The Bertz CT molecular complexity index is 686. The standard InChI is InChI=1S/C14H10BrF3N2O/c15-9-5-8(14(16,17)18)6-10(7-9)20-13(21)11-3-1-2-4-12(11)19/h1-7H,19H2,(H,20,21). The van der Waals surface area contributed by atoms with Crippen molar-refractivity contribution < 1.29 is 18.0 Å². The monoisotopic (exact) mass is 358 g/mol. The number of amides is 1. The SMILES string of the molecule is Nc1ccccc1C(=O)Nc1cc(Br)cc(C(F)(F)F)c1. The van der Waals surface area contributed by atoms with Crippen LogP contribution in [0.2, 0.25) is 0 Å². The van der Waals surface area contributed by atoms with E-state index in [0.29, 0.717) is 0 Å². The molecule has 21 heavy (non-hydrogen) atoms. The Hall–Kier alpha value is -2.02. The lowest BCUT2D eigenvalue weighted by Crippen LogP contribution is -2.15. The minimum atomic E-state index is -4.49. The van der Waals surface area contributed by atoms with E-state index in [-0.39, 0.29) is 21.4 Å². The molecule has 0 radical (unpaired) electrons. The molecule has 3 nitrogen and oxygen atoms in total. The van der Waals surface area contributed by atoms with Gasteiger partial charge in [0.15, 0.2) is 0 Å². The highest BCUT2D eigenvalue weighted by atomic mass is 79.9. The molecule has 2 aromatic rings. The Morgan fingerprint density at radius 1 is 1.14 bits per heavy atom. The maximum absolute atomic E-state index is 12.7. The zero-order valence-electron chi connectivity index (χ0n) is 10.5. The van der Waals surface area contributed by atoms with Gasteiger partial charge < -0.3 is 11.1 Å². The van der Waals surface area contributed by atoms with Crippen LogP contribution in [0.15, 0.2) is 46.9 Å². The van der Waals surface area contributed by atoms with Crippen LogP contribution in [0, 0.1) is 0 Å². The van der Waals surface area contributed by atoms with Gasteiger partial charge in [0.05, 0.1) is 11.1 Å². The Morgan fingerprint density at radius 2 is 1.81 bits per heavy atom. The Labute approximate surface area is 127 Å². The first kappa shape index (κ1) is 15.4. The molecule has 0 saturated carbocycles. The number of anilines is 2. The van der Waals surface area contributed by atoms with Gasteiger partial charge >= 0.3 is 6.18 Å². The van der Waals surface area contributed by atoms with Gasteiger partial charge in [0, 0.05) is 15.8 Å². The van der Waals surface area contributed by atoms with E-state index in [1.54, 1.807) is 12.1 Å². The molecule has 0 fully saturated rings. The molecule has 0 saturated heterocycles. The lowest BCUT2D eigenvalue weighted by molar-refractivity contribution is -0.137. The molecule has 0 heterocycles. The molecule has 3 N–H and O–H groups in total. The quantitative estimate of drug-likeness (QED) is 0.786. The average molecular weight is 359 g/mol. The molecule has 110 valence electrons. The van der Waals surface area contributed by atoms with Crippen molar-refractivity contribution in [1.82, 2.24) is 0 Å². The van der Waals surface area contributed by atoms with Crippen LogP contribution in [-0.4, -0.2) is 5.91 Å². The summed E-state index contributed by atoms with van der Waals surface area (Å²) in [4.78, 5) is 12.0. The summed E-state index contributed by atoms with van der Waals surface area (Å²) >= 11 is 2.99. The summed E-state index contributed by atoms with van der Waals surface area (Å²) in [6.45, 7) is 0. The van der Waals surface area contributed by atoms with Gasteiger partial charge in [-0.2, -0.15) is 13.2 Å². The van der Waals surface area contributed by atoms with Crippen LogP contribution < -0.4 is 11.1 Å². The molecular formula is C14H10BrF3N2O. The van der Waals surface area contributed by atoms with Gasteiger partial charge in [0.2, 0.25) is 0 Å². The summed E-state index contributed by atoms with van der Waals surface area (Å²) < 4.78 is 38.4. The minimum absolute atomic E-state index is 0.0324. The summed E-state index contributed by atoms with van der Waals surface area (Å²) in [5.74, 6) is -0.570. The molecule has 2 aromatic carbocycles. The van der Waals surface area contributed by atoms with Crippen LogP contribution in [-0.2, 0) is 6.18 Å². The molecule has 0 aliphatic rings. The van der Waals surface area contributed by atoms with Crippen molar-refractivity contribution >= 4 is 33.2 Å². The Balaban J connectivity index is 2.30.